The van der Waals surface area contributed by atoms with E-state index in [2.05, 4.69) is 20.9 Å². The van der Waals surface area contributed by atoms with Crippen LogP contribution in [-0.4, -0.2) is 44.3 Å². The number of rotatable bonds is 9. The van der Waals surface area contributed by atoms with Gasteiger partial charge in [0.15, 0.2) is 11.5 Å². The highest BCUT2D eigenvalue weighted by Crippen LogP contribution is 2.29. The number of hydrogen-bond donors (Lipinski definition) is 4. The highest BCUT2D eigenvalue weighted by atomic mass is 19.1. The van der Waals surface area contributed by atoms with E-state index in [4.69, 9.17) is 5.10 Å². The number of imidazole rings is 1. The number of hydrogen-bond acceptors (Lipinski definition) is 6. The summed E-state index contributed by atoms with van der Waals surface area (Å²) in [6.07, 6.45) is 2.59. The van der Waals surface area contributed by atoms with Gasteiger partial charge in [0.1, 0.15) is 5.82 Å². The van der Waals surface area contributed by atoms with E-state index < -0.39 is 5.60 Å². The van der Waals surface area contributed by atoms with Crippen molar-refractivity contribution >= 4 is 28.7 Å². The molecule has 0 saturated heterocycles. The summed E-state index contributed by atoms with van der Waals surface area (Å²) in [6, 6.07) is 11.9. The Bertz CT molecular complexity index is 1440. The average molecular weight is 505 g/mol. The van der Waals surface area contributed by atoms with E-state index in [1.807, 2.05) is 32.9 Å². The summed E-state index contributed by atoms with van der Waals surface area (Å²) in [4.78, 5) is 17.1. The fourth-order valence-corrected chi connectivity index (χ4v) is 3.95. The summed E-state index contributed by atoms with van der Waals surface area (Å²) < 4.78 is 15.6. The lowest BCUT2D eigenvalue weighted by Crippen LogP contribution is -2.29. The lowest BCUT2D eigenvalue weighted by atomic mass is 10.0. The molecule has 0 aliphatic carbocycles. The lowest BCUT2D eigenvalue weighted by molar-refractivity contribution is 0.0941. The third-order valence-electron chi connectivity index (χ3n) is 5.94. The number of aryl methyl sites for hydroxylation is 2. The zero-order valence-electron chi connectivity index (χ0n) is 21.8. The van der Waals surface area contributed by atoms with Gasteiger partial charge in [-0.25, -0.2) is 13.9 Å². The SMILES string of the molecule is CCCNC(=O)c1ccc(-c2cnc3c(NCC(C)(C)O)cc(Nc4cc(F)ccc4C)nn23)cc1C. The van der Waals surface area contributed by atoms with Crippen LogP contribution in [0.2, 0.25) is 0 Å². The van der Waals surface area contributed by atoms with Crippen LogP contribution in [0.1, 0.15) is 48.7 Å². The predicted molar refractivity (Wildman–Crippen MR) is 145 cm³/mol. The quantitative estimate of drug-likeness (QED) is 0.249. The van der Waals surface area contributed by atoms with Crippen molar-refractivity contribution < 1.29 is 14.3 Å². The Labute approximate surface area is 215 Å². The molecule has 0 radical (unpaired) electrons. The van der Waals surface area contributed by atoms with Crippen molar-refractivity contribution in [2.45, 2.75) is 46.6 Å². The first-order valence-corrected chi connectivity index (χ1v) is 12.3. The molecule has 2 aromatic heterocycles. The minimum Gasteiger partial charge on any atom is -0.389 e. The van der Waals surface area contributed by atoms with Crippen molar-refractivity contribution in [1.82, 2.24) is 19.9 Å². The van der Waals surface area contributed by atoms with E-state index in [0.717, 1.165) is 28.8 Å². The van der Waals surface area contributed by atoms with E-state index in [1.165, 1.54) is 12.1 Å². The van der Waals surface area contributed by atoms with Crippen LogP contribution in [0, 0.1) is 19.7 Å². The first-order valence-electron chi connectivity index (χ1n) is 12.3. The monoisotopic (exact) mass is 504 g/mol. The molecule has 0 atom stereocenters. The second-order valence-electron chi connectivity index (χ2n) is 9.86. The first kappa shape index (κ1) is 26.1. The summed E-state index contributed by atoms with van der Waals surface area (Å²) in [5.74, 6) is 0.0274. The predicted octanol–water partition coefficient (Wildman–Crippen LogP) is 5.22. The largest absolute Gasteiger partial charge is 0.389 e. The Kier molecular flexibility index (Phi) is 7.45. The number of amides is 1. The molecule has 2 aromatic carbocycles. The van der Waals surface area contributed by atoms with E-state index in [-0.39, 0.29) is 18.3 Å². The molecule has 0 saturated carbocycles. The molecule has 0 spiro atoms. The van der Waals surface area contributed by atoms with Gasteiger partial charge in [0.25, 0.3) is 5.91 Å². The molecule has 9 heteroatoms. The van der Waals surface area contributed by atoms with E-state index in [0.29, 0.717) is 34.9 Å². The molecule has 8 nitrogen and oxygen atoms in total. The number of halogens is 1. The number of fused-ring (bicyclic) bond motifs is 1. The molecule has 4 N–H and O–H groups in total. The molecule has 4 aromatic rings. The van der Waals surface area contributed by atoms with Gasteiger partial charge in [-0.2, -0.15) is 0 Å². The maximum atomic E-state index is 13.9. The molecule has 37 heavy (non-hydrogen) atoms. The smallest absolute Gasteiger partial charge is 0.251 e. The van der Waals surface area contributed by atoms with Gasteiger partial charge in [-0.05, 0) is 69.5 Å². The van der Waals surface area contributed by atoms with Gasteiger partial charge < -0.3 is 21.1 Å². The molecule has 4 rings (SSSR count). The van der Waals surface area contributed by atoms with Gasteiger partial charge in [0.05, 0.1) is 23.2 Å². The number of anilines is 3. The van der Waals surface area contributed by atoms with Crippen LogP contribution in [-0.2, 0) is 0 Å². The van der Waals surface area contributed by atoms with Crippen LogP contribution < -0.4 is 16.0 Å². The Morgan fingerprint density at radius 2 is 1.86 bits per heavy atom. The van der Waals surface area contributed by atoms with Gasteiger partial charge in [-0.3, -0.25) is 4.79 Å². The average Bonchev–Trinajstić information content (AvgIpc) is 3.27. The third kappa shape index (κ3) is 6.06. The summed E-state index contributed by atoms with van der Waals surface area (Å²) >= 11 is 0. The number of aliphatic hydroxyl groups is 1. The number of aromatic nitrogens is 3. The Morgan fingerprint density at radius 3 is 2.57 bits per heavy atom. The molecule has 1 amide bonds. The van der Waals surface area contributed by atoms with Gasteiger partial charge in [-0.15, -0.1) is 5.10 Å². The summed E-state index contributed by atoms with van der Waals surface area (Å²) in [6.45, 7) is 10.1. The molecular formula is C28H33FN6O2. The molecule has 0 bridgehead atoms. The lowest BCUT2D eigenvalue weighted by Gasteiger charge is -2.19. The number of carbonyl (C=O) groups excluding carboxylic acids is 1. The number of benzene rings is 2. The van der Waals surface area contributed by atoms with Gasteiger partial charge >= 0.3 is 0 Å². The summed E-state index contributed by atoms with van der Waals surface area (Å²) in [5.41, 5.74) is 4.78. The minimum absolute atomic E-state index is 0.0998. The van der Waals surface area contributed by atoms with Crippen molar-refractivity contribution in [1.29, 1.82) is 0 Å². The van der Waals surface area contributed by atoms with Gasteiger partial charge in [0.2, 0.25) is 0 Å². The molecule has 194 valence electrons. The zero-order valence-corrected chi connectivity index (χ0v) is 21.8. The van der Waals surface area contributed by atoms with Crippen molar-refractivity contribution in [2.24, 2.45) is 0 Å². The fraction of sp³-hybridized carbons (Fsp3) is 0.321. The molecule has 0 aliphatic heterocycles. The van der Waals surface area contributed by atoms with Gasteiger partial charge in [-0.1, -0.05) is 19.1 Å². The fourth-order valence-electron chi connectivity index (χ4n) is 3.95. The highest BCUT2D eigenvalue weighted by molar-refractivity contribution is 5.96. The minimum atomic E-state index is -0.951. The molecule has 0 unspecified atom stereocenters. The topological polar surface area (TPSA) is 104 Å². The van der Waals surface area contributed by atoms with Crippen LogP contribution in [0.4, 0.5) is 21.6 Å². The summed E-state index contributed by atoms with van der Waals surface area (Å²) in [7, 11) is 0. The Hall–Kier alpha value is -3.98. The molecule has 0 fully saturated rings. The number of carbonyl (C=O) groups is 1. The maximum Gasteiger partial charge on any atom is 0.251 e. The van der Waals surface area contributed by atoms with Crippen molar-refractivity contribution in [3.05, 3.63) is 71.2 Å². The normalized spacial score (nSPS) is 11.5. The molecule has 0 aliphatic rings. The second-order valence-corrected chi connectivity index (χ2v) is 9.86. The molecule has 2 heterocycles. The van der Waals surface area contributed by atoms with Crippen molar-refractivity contribution in [3.8, 4) is 11.3 Å². The van der Waals surface area contributed by atoms with Crippen LogP contribution >= 0.6 is 0 Å². The van der Waals surface area contributed by atoms with Crippen LogP contribution in [0.25, 0.3) is 16.9 Å². The van der Waals surface area contributed by atoms with Gasteiger partial charge in [0, 0.05) is 36.0 Å². The van der Waals surface area contributed by atoms with Crippen molar-refractivity contribution in [3.63, 3.8) is 0 Å². The Morgan fingerprint density at radius 1 is 1.08 bits per heavy atom. The summed E-state index contributed by atoms with van der Waals surface area (Å²) in [5, 5.41) is 24.4. The first-order chi connectivity index (χ1) is 17.6. The van der Waals surface area contributed by atoms with Crippen LogP contribution in [0.15, 0.2) is 48.7 Å². The van der Waals surface area contributed by atoms with Crippen LogP contribution in [0.5, 0.6) is 0 Å². The van der Waals surface area contributed by atoms with Crippen molar-refractivity contribution in [2.75, 3.05) is 23.7 Å². The Balaban J connectivity index is 1.78. The van der Waals surface area contributed by atoms with E-state index >= 15 is 0 Å². The van der Waals surface area contributed by atoms with E-state index in [9.17, 15) is 14.3 Å². The number of nitrogens with one attached hydrogen (secondary N) is 3. The zero-order chi connectivity index (χ0) is 26.7. The maximum absolute atomic E-state index is 13.9. The number of nitrogens with zero attached hydrogens (tertiary/aromatic N) is 3. The van der Waals surface area contributed by atoms with Crippen LogP contribution in [0.3, 0.4) is 0 Å². The third-order valence-corrected chi connectivity index (χ3v) is 5.94. The van der Waals surface area contributed by atoms with E-state index in [1.54, 1.807) is 42.8 Å². The molecular weight excluding hydrogens is 471 g/mol. The standard InChI is InChI=1S/C28H33FN6O2/c1-6-11-30-27(36)21-10-8-19(12-18(21)3)24-15-31-26-23(32-16-28(4,5)37)14-25(34-35(24)26)33-22-13-20(29)9-7-17(22)2/h7-10,12-15,32,37H,6,11,16H2,1-5H3,(H,30,36)(H,33,34). The second kappa shape index (κ2) is 10.6. The highest BCUT2D eigenvalue weighted by Gasteiger charge is 2.18.